The van der Waals surface area contributed by atoms with E-state index in [0.717, 1.165) is 12.0 Å². The number of hydrogen-bond acceptors (Lipinski definition) is 3. The highest BCUT2D eigenvalue weighted by Crippen LogP contribution is 2.31. The van der Waals surface area contributed by atoms with Crippen LogP contribution in [0, 0.1) is 0 Å². The van der Waals surface area contributed by atoms with Gasteiger partial charge < -0.3 is 15.0 Å². The molecule has 1 N–H and O–H groups in total. The minimum Gasteiger partial charge on any atom is -0.483 e. The van der Waals surface area contributed by atoms with Gasteiger partial charge in [0.1, 0.15) is 11.8 Å². The fraction of sp³-hybridized carbons (Fsp3) is 0.440. The Hall–Kier alpha value is -2.24. The molecule has 2 rings (SSSR count). The summed E-state index contributed by atoms with van der Waals surface area (Å²) in [4.78, 5) is 27.4. The number of carbonyl (C=O) groups excluding carboxylic acids is 2. The van der Waals surface area contributed by atoms with Crippen LogP contribution in [0.4, 0.5) is 0 Å². The van der Waals surface area contributed by atoms with E-state index in [9.17, 15) is 9.59 Å². The van der Waals surface area contributed by atoms with E-state index in [4.69, 9.17) is 27.9 Å². The molecular weight excluding hydrogens is 447 g/mol. The number of amides is 2. The van der Waals surface area contributed by atoms with Gasteiger partial charge in [-0.25, -0.2) is 0 Å². The lowest BCUT2D eigenvalue weighted by Gasteiger charge is -2.30. The summed E-state index contributed by atoms with van der Waals surface area (Å²) in [5.74, 6) is 0.0782. The van der Waals surface area contributed by atoms with E-state index in [-0.39, 0.29) is 30.4 Å². The van der Waals surface area contributed by atoms with E-state index in [1.807, 2.05) is 31.2 Å². The Morgan fingerprint density at radius 1 is 1.06 bits per heavy atom. The predicted octanol–water partition coefficient (Wildman–Crippen LogP) is 5.61. The zero-order valence-electron chi connectivity index (χ0n) is 19.4. The van der Waals surface area contributed by atoms with Crippen LogP contribution in [0.1, 0.15) is 52.2 Å². The minimum absolute atomic E-state index is 0.0995. The summed E-state index contributed by atoms with van der Waals surface area (Å²) in [5.41, 5.74) is 1.45. The molecule has 7 heteroatoms. The second-order valence-electron chi connectivity index (χ2n) is 8.72. The second-order valence-corrected chi connectivity index (χ2v) is 9.54. The third-order valence-electron chi connectivity index (χ3n) is 5.15. The lowest BCUT2D eigenvalue weighted by atomic mass is 9.86. The average Bonchev–Trinajstić information content (AvgIpc) is 2.74. The smallest absolute Gasteiger partial charge is 0.261 e. The maximum absolute atomic E-state index is 13.3. The second kappa shape index (κ2) is 11.6. The molecule has 0 spiro atoms. The Bertz CT molecular complexity index is 921. The van der Waals surface area contributed by atoms with Crippen LogP contribution in [0.15, 0.2) is 42.5 Å². The maximum atomic E-state index is 13.3. The molecule has 0 saturated heterocycles. The monoisotopic (exact) mass is 478 g/mol. The van der Waals surface area contributed by atoms with E-state index >= 15 is 0 Å². The molecule has 0 bridgehead atoms. The van der Waals surface area contributed by atoms with Crippen LogP contribution >= 0.6 is 23.2 Å². The molecule has 0 aliphatic rings. The van der Waals surface area contributed by atoms with Gasteiger partial charge in [0, 0.05) is 28.7 Å². The minimum atomic E-state index is -0.720. The molecule has 0 heterocycles. The molecule has 5 nitrogen and oxygen atoms in total. The topological polar surface area (TPSA) is 58.6 Å². The van der Waals surface area contributed by atoms with E-state index in [2.05, 4.69) is 26.1 Å². The molecule has 0 aromatic heterocycles. The number of nitrogens with zero attached hydrogens (tertiary/aromatic N) is 1. The van der Waals surface area contributed by atoms with Crippen LogP contribution in [0.3, 0.4) is 0 Å². The Labute approximate surface area is 201 Å². The lowest BCUT2D eigenvalue weighted by molar-refractivity contribution is -0.142. The van der Waals surface area contributed by atoms with Crippen molar-refractivity contribution in [2.75, 3.05) is 13.2 Å². The molecule has 2 amide bonds. The molecule has 2 aromatic carbocycles. The number of carbonyl (C=O) groups is 2. The maximum Gasteiger partial charge on any atom is 0.261 e. The predicted molar refractivity (Wildman–Crippen MR) is 130 cm³/mol. The summed E-state index contributed by atoms with van der Waals surface area (Å²) >= 11 is 12.7. The number of rotatable bonds is 9. The fourth-order valence-electron chi connectivity index (χ4n) is 3.27. The van der Waals surface area contributed by atoms with Gasteiger partial charge in [0.25, 0.3) is 5.91 Å². The zero-order valence-corrected chi connectivity index (χ0v) is 20.9. The molecule has 0 unspecified atom stereocenters. The molecule has 0 aliphatic carbocycles. The van der Waals surface area contributed by atoms with Gasteiger partial charge in [-0.1, -0.05) is 75.2 Å². The third kappa shape index (κ3) is 6.88. The van der Waals surface area contributed by atoms with Gasteiger partial charge in [0.2, 0.25) is 5.91 Å². The van der Waals surface area contributed by atoms with E-state index in [1.54, 1.807) is 25.1 Å². The molecule has 174 valence electrons. The first kappa shape index (κ1) is 26.0. The van der Waals surface area contributed by atoms with Crippen LogP contribution in [0.25, 0.3) is 0 Å². The van der Waals surface area contributed by atoms with Crippen LogP contribution in [0.2, 0.25) is 10.0 Å². The molecule has 1 atom stereocenters. The van der Waals surface area contributed by atoms with Crippen molar-refractivity contribution in [2.45, 2.75) is 59.0 Å². The summed E-state index contributed by atoms with van der Waals surface area (Å²) in [5, 5.41) is 3.73. The van der Waals surface area contributed by atoms with Gasteiger partial charge in [-0.3, -0.25) is 9.59 Å². The average molecular weight is 479 g/mol. The molecule has 0 aliphatic heterocycles. The van der Waals surface area contributed by atoms with Gasteiger partial charge in [-0.15, -0.1) is 0 Å². The third-order valence-corrected chi connectivity index (χ3v) is 5.86. The van der Waals surface area contributed by atoms with Crippen molar-refractivity contribution in [3.63, 3.8) is 0 Å². The van der Waals surface area contributed by atoms with E-state index in [0.29, 0.717) is 27.9 Å². The van der Waals surface area contributed by atoms with Crippen molar-refractivity contribution >= 4 is 35.0 Å². The van der Waals surface area contributed by atoms with Crippen LogP contribution in [0.5, 0.6) is 5.75 Å². The van der Waals surface area contributed by atoms with Crippen LogP contribution in [-0.2, 0) is 21.5 Å². The first-order chi connectivity index (χ1) is 15.1. The molecule has 0 saturated carbocycles. The Kier molecular flexibility index (Phi) is 9.41. The van der Waals surface area contributed by atoms with Gasteiger partial charge in [0.15, 0.2) is 6.61 Å². The zero-order chi connectivity index (χ0) is 23.9. The van der Waals surface area contributed by atoms with Crippen molar-refractivity contribution in [1.82, 2.24) is 10.2 Å². The molecular formula is C25H32Cl2N2O3. The van der Waals surface area contributed by atoms with Crippen LogP contribution in [-0.4, -0.2) is 35.9 Å². The Morgan fingerprint density at radius 2 is 1.69 bits per heavy atom. The van der Waals surface area contributed by atoms with Gasteiger partial charge in [0.05, 0.1) is 0 Å². The number of ether oxygens (including phenoxy) is 1. The fourth-order valence-corrected chi connectivity index (χ4v) is 3.78. The first-order valence-electron chi connectivity index (χ1n) is 10.8. The van der Waals surface area contributed by atoms with Gasteiger partial charge >= 0.3 is 0 Å². The highest BCUT2D eigenvalue weighted by Gasteiger charge is 2.28. The summed E-state index contributed by atoms with van der Waals surface area (Å²) in [6.07, 6.45) is 0.801. The van der Waals surface area contributed by atoms with Crippen molar-refractivity contribution in [3.05, 3.63) is 63.6 Å². The number of halogens is 2. The Morgan fingerprint density at radius 3 is 2.28 bits per heavy atom. The quantitative estimate of drug-likeness (QED) is 0.509. The number of para-hydroxylation sites is 1. The summed E-state index contributed by atoms with van der Waals surface area (Å²) in [6.45, 7) is 10.3. The molecule has 0 radical (unpaired) electrons. The Balaban J connectivity index is 2.27. The largest absolute Gasteiger partial charge is 0.483 e. The SMILES string of the molecule is CCCNC(=O)[C@@H](C)N(Cc1c(Cl)cccc1Cl)C(=O)COc1ccccc1C(C)(C)C. The summed E-state index contributed by atoms with van der Waals surface area (Å²) in [6, 6.07) is 12.1. The standard InChI is InChI=1S/C25H32Cl2N2O3/c1-6-14-28-24(31)17(2)29(15-18-20(26)11-9-12-21(18)27)23(30)16-32-22-13-8-7-10-19(22)25(3,4)5/h7-13,17H,6,14-16H2,1-5H3,(H,28,31)/t17-/m1/s1. The van der Waals surface area contributed by atoms with Crippen molar-refractivity contribution in [3.8, 4) is 5.75 Å². The van der Waals surface area contributed by atoms with E-state index < -0.39 is 6.04 Å². The highest BCUT2D eigenvalue weighted by molar-refractivity contribution is 6.36. The normalized spacial score (nSPS) is 12.2. The first-order valence-corrected chi connectivity index (χ1v) is 11.5. The van der Waals surface area contributed by atoms with Crippen molar-refractivity contribution < 1.29 is 14.3 Å². The van der Waals surface area contributed by atoms with Crippen molar-refractivity contribution in [2.24, 2.45) is 0 Å². The van der Waals surface area contributed by atoms with E-state index in [1.165, 1.54) is 4.90 Å². The van der Waals surface area contributed by atoms with Crippen LogP contribution < -0.4 is 10.1 Å². The van der Waals surface area contributed by atoms with Gasteiger partial charge in [-0.2, -0.15) is 0 Å². The van der Waals surface area contributed by atoms with Crippen molar-refractivity contribution in [1.29, 1.82) is 0 Å². The number of hydrogen-bond donors (Lipinski definition) is 1. The summed E-state index contributed by atoms with van der Waals surface area (Å²) in [7, 11) is 0. The summed E-state index contributed by atoms with van der Waals surface area (Å²) < 4.78 is 5.93. The highest BCUT2D eigenvalue weighted by atomic mass is 35.5. The number of benzene rings is 2. The molecule has 32 heavy (non-hydrogen) atoms. The number of nitrogens with one attached hydrogen (secondary N) is 1. The van der Waals surface area contributed by atoms with Gasteiger partial charge in [-0.05, 0) is 42.5 Å². The molecule has 0 fully saturated rings. The molecule has 2 aromatic rings. The lowest BCUT2D eigenvalue weighted by Crippen LogP contribution is -2.49.